The molecule has 3 heteroatoms. The summed E-state index contributed by atoms with van der Waals surface area (Å²) in [7, 11) is 0. The summed E-state index contributed by atoms with van der Waals surface area (Å²) in [6.07, 6.45) is 5.72. The Morgan fingerprint density at radius 2 is 2.31 bits per heavy atom. The molecule has 0 aromatic rings. The van der Waals surface area contributed by atoms with Gasteiger partial charge in [-0.3, -0.25) is 9.69 Å². The minimum atomic E-state index is 0.310. The van der Waals surface area contributed by atoms with Gasteiger partial charge in [0.05, 0.1) is 12.7 Å². The van der Waals surface area contributed by atoms with Gasteiger partial charge in [-0.05, 0) is 19.3 Å². The second-order valence-electron chi connectivity index (χ2n) is 5.07. The van der Waals surface area contributed by atoms with Crippen LogP contribution in [0.15, 0.2) is 0 Å². The molecule has 1 saturated carbocycles. The third-order valence-electron chi connectivity index (χ3n) is 3.84. The molecule has 1 aliphatic carbocycles. The van der Waals surface area contributed by atoms with E-state index in [4.69, 9.17) is 4.74 Å². The summed E-state index contributed by atoms with van der Waals surface area (Å²) in [4.78, 5) is 14.2. The van der Waals surface area contributed by atoms with Gasteiger partial charge >= 0.3 is 0 Å². The zero-order valence-electron chi connectivity index (χ0n) is 10.3. The molecular formula is C13H23NO2. The van der Waals surface area contributed by atoms with E-state index in [-0.39, 0.29) is 0 Å². The van der Waals surface area contributed by atoms with Crippen LogP contribution >= 0.6 is 0 Å². The third kappa shape index (κ3) is 3.05. The van der Waals surface area contributed by atoms with Crippen LogP contribution in [0.3, 0.4) is 0 Å². The fourth-order valence-electron chi connectivity index (χ4n) is 2.75. The first kappa shape index (κ1) is 12.1. The third-order valence-corrected chi connectivity index (χ3v) is 3.84. The molecule has 0 aromatic carbocycles. The van der Waals surface area contributed by atoms with E-state index < -0.39 is 0 Å². The molecule has 2 unspecified atom stereocenters. The second kappa shape index (κ2) is 5.78. The Labute approximate surface area is 98.1 Å². The highest BCUT2D eigenvalue weighted by Crippen LogP contribution is 2.22. The van der Waals surface area contributed by atoms with Crippen LogP contribution in [0.25, 0.3) is 0 Å². The first-order valence-corrected chi connectivity index (χ1v) is 6.66. The number of carbonyl (C=O) groups excluding carboxylic acids is 1. The van der Waals surface area contributed by atoms with Gasteiger partial charge in [0, 0.05) is 32.0 Å². The van der Waals surface area contributed by atoms with Gasteiger partial charge in [-0.15, -0.1) is 0 Å². The largest absolute Gasteiger partial charge is 0.376 e. The smallest absolute Gasteiger partial charge is 0.137 e. The number of hydrogen-bond acceptors (Lipinski definition) is 3. The maximum atomic E-state index is 11.8. The van der Waals surface area contributed by atoms with Gasteiger partial charge in [-0.2, -0.15) is 0 Å². The summed E-state index contributed by atoms with van der Waals surface area (Å²) >= 11 is 0. The maximum Gasteiger partial charge on any atom is 0.137 e. The Bertz CT molecular complexity index is 242. The number of rotatable bonds is 3. The van der Waals surface area contributed by atoms with Crippen molar-refractivity contribution in [3.8, 4) is 0 Å². The molecule has 0 N–H and O–H groups in total. The van der Waals surface area contributed by atoms with E-state index in [9.17, 15) is 4.79 Å². The quantitative estimate of drug-likeness (QED) is 0.734. The predicted molar refractivity (Wildman–Crippen MR) is 63.4 cm³/mol. The summed E-state index contributed by atoms with van der Waals surface area (Å²) in [6, 6.07) is 0. The molecule has 0 spiro atoms. The van der Waals surface area contributed by atoms with Crippen molar-refractivity contribution in [2.24, 2.45) is 5.92 Å². The number of hydrogen-bond donors (Lipinski definition) is 0. The standard InChI is InChI=1S/C13H23NO2/c1-2-12-10-14(7-8-16-12)9-11-5-3-4-6-13(11)15/h11-12H,2-10H2,1H3. The topological polar surface area (TPSA) is 29.5 Å². The lowest BCUT2D eigenvalue weighted by atomic mass is 9.87. The normalized spacial score (nSPS) is 32.9. The highest BCUT2D eigenvalue weighted by Gasteiger charge is 2.27. The number of ether oxygens (including phenoxy) is 1. The van der Waals surface area contributed by atoms with Gasteiger partial charge in [0.2, 0.25) is 0 Å². The van der Waals surface area contributed by atoms with Crippen molar-refractivity contribution < 1.29 is 9.53 Å². The number of morpholine rings is 1. The van der Waals surface area contributed by atoms with E-state index in [0.29, 0.717) is 17.8 Å². The Balaban J connectivity index is 1.81. The van der Waals surface area contributed by atoms with E-state index >= 15 is 0 Å². The lowest BCUT2D eigenvalue weighted by molar-refractivity contribution is -0.126. The van der Waals surface area contributed by atoms with Crippen molar-refractivity contribution in [1.29, 1.82) is 0 Å². The summed E-state index contributed by atoms with van der Waals surface area (Å²) in [6.45, 7) is 5.98. The molecule has 0 aromatic heterocycles. The molecule has 16 heavy (non-hydrogen) atoms. The summed E-state index contributed by atoms with van der Waals surface area (Å²) < 4.78 is 5.65. The van der Waals surface area contributed by atoms with Crippen LogP contribution in [0.1, 0.15) is 39.0 Å². The number of Topliss-reactive ketones (excluding diaryl/α,β-unsaturated/α-hetero) is 1. The Kier molecular flexibility index (Phi) is 4.36. The Hall–Kier alpha value is -0.410. The van der Waals surface area contributed by atoms with Crippen LogP contribution in [-0.4, -0.2) is 43.0 Å². The molecule has 1 heterocycles. The Morgan fingerprint density at radius 3 is 3.06 bits per heavy atom. The minimum absolute atomic E-state index is 0.310. The van der Waals surface area contributed by atoms with Crippen LogP contribution in [0, 0.1) is 5.92 Å². The van der Waals surface area contributed by atoms with Gasteiger partial charge < -0.3 is 4.74 Å². The van der Waals surface area contributed by atoms with E-state index in [0.717, 1.165) is 51.9 Å². The highest BCUT2D eigenvalue weighted by atomic mass is 16.5. The minimum Gasteiger partial charge on any atom is -0.376 e. The van der Waals surface area contributed by atoms with Crippen molar-refractivity contribution in [2.75, 3.05) is 26.2 Å². The van der Waals surface area contributed by atoms with E-state index in [1.165, 1.54) is 6.42 Å². The molecule has 2 atom stereocenters. The first-order chi connectivity index (χ1) is 7.79. The zero-order chi connectivity index (χ0) is 11.4. The molecule has 0 radical (unpaired) electrons. The van der Waals surface area contributed by atoms with Crippen molar-refractivity contribution in [3.63, 3.8) is 0 Å². The van der Waals surface area contributed by atoms with Crippen molar-refractivity contribution in [3.05, 3.63) is 0 Å². The van der Waals surface area contributed by atoms with Gasteiger partial charge in [0.25, 0.3) is 0 Å². The molecule has 1 saturated heterocycles. The Morgan fingerprint density at radius 1 is 1.44 bits per heavy atom. The van der Waals surface area contributed by atoms with Crippen LogP contribution in [0.2, 0.25) is 0 Å². The summed E-state index contributed by atoms with van der Waals surface area (Å²) in [5.74, 6) is 0.801. The van der Waals surface area contributed by atoms with Gasteiger partial charge in [0.1, 0.15) is 5.78 Å². The molecule has 92 valence electrons. The summed E-state index contributed by atoms with van der Waals surface area (Å²) in [5.41, 5.74) is 0. The molecule has 2 fully saturated rings. The number of ketones is 1. The molecule has 1 aliphatic heterocycles. The SMILES string of the molecule is CCC1CN(CC2CCCCC2=O)CCO1. The van der Waals surface area contributed by atoms with Crippen molar-refractivity contribution >= 4 is 5.78 Å². The fourth-order valence-corrected chi connectivity index (χ4v) is 2.75. The van der Waals surface area contributed by atoms with Crippen LogP contribution in [-0.2, 0) is 9.53 Å². The lowest BCUT2D eigenvalue weighted by Crippen LogP contribution is -2.45. The lowest BCUT2D eigenvalue weighted by Gasteiger charge is -2.35. The number of nitrogens with zero attached hydrogens (tertiary/aromatic N) is 1. The second-order valence-corrected chi connectivity index (χ2v) is 5.07. The van der Waals surface area contributed by atoms with Crippen molar-refractivity contribution in [2.45, 2.75) is 45.1 Å². The molecule has 2 aliphatic rings. The molecular weight excluding hydrogens is 202 g/mol. The molecule has 2 rings (SSSR count). The van der Waals surface area contributed by atoms with E-state index in [1.807, 2.05) is 0 Å². The van der Waals surface area contributed by atoms with Crippen LogP contribution in [0.5, 0.6) is 0 Å². The van der Waals surface area contributed by atoms with E-state index in [1.54, 1.807) is 0 Å². The molecule has 0 bridgehead atoms. The predicted octanol–water partition coefficient (Wildman–Crippen LogP) is 1.86. The van der Waals surface area contributed by atoms with Gasteiger partial charge in [-0.25, -0.2) is 0 Å². The van der Waals surface area contributed by atoms with Gasteiger partial charge in [0.15, 0.2) is 0 Å². The molecule has 3 nitrogen and oxygen atoms in total. The summed E-state index contributed by atoms with van der Waals surface area (Å²) in [5, 5.41) is 0. The monoisotopic (exact) mass is 225 g/mol. The molecule has 0 amide bonds. The number of carbonyl (C=O) groups is 1. The van der Waals surface area contributed by atoms with Crippen molar-refractivity contribution in [1.82, 2.24) is 4.90 Å². The van der Waals surface area contributed by atoms with Gasteiger partial charge in [-0.1, -0.05) is 13.3 Å². The average molecular weight is 225 g/mol. The first-order valence-electron chi connectivity index (χ1n) is 6.66. The zero-order valence-corrected chi connectivity index (χ0v) is 10.3. The van der Waals surface area contributed by atoms with E-state index in [2.05, 4.69) is 11.8 Å². The van der Waals surface area contributed by atoms with Crippen LogP contribution < -0.4 is 0 Å². The van der Waals surface area contributed by atoms with Crippen LogP contribution in [0.4, 0.5) is 0 Å². The average Bonchev–Trinajstić information content (AvgIpc) is 2.32. The maximum absolute atomic E-state index is 11.8. The fraction of sp³-hybridized carbons (Fsp3) is 0.923. The highest BCUT2D eigenvalue weighted by molar-refractivity contribution is 5.81.